The molecule has 0 bridgehead atoms. The van der Waals surface area contributed by atoms with Gasteiger partial charge in [0.1, 0.15) is 12.4 Å². The molecule has 25 heavy (non-hydrogen) atoms. The van der Waals surface area contributed by atoms with Gasteiger partial charge in [0.15, 0.2) is 0 Å². The lowest BCUT2D eigenvalue weighted by molar-refractivity contribution is -0.121. The third-order valence-corrected chi connectivity index (χ3v) is 4.40. The van der Waals surface area contributed by atoms with Crippen LogP contribution >= 0.6 is 22.9 Å². The molecule has 0 aliphatic heterocycles. The molecule has 1 amide bonds. The Kier molecular flexibility index (Phi) is 6.03. The largest absolute Gasteiger partial charge is 0.492 e. The molecule has 0 spiro atoms. The number of halogens is 1. The predicted molar refractivity (Wildman–Crippen MR) is 95.9 cm³/mol. The number of aryl methyl sites for hydroxylation is 1. The summed E-state index contributed by atoms with van der Waals surface area (Å²) in [7, 11) is 0. The van der Waals surface area contributed by atoms with E-state index in [1.807, 2.05) is 17.5 Å². The molecule has 6 nitrogen and oxygen atoms in total. The molecule has 2 aromatic heterocycles. The minimum Gasteiger partial charge on any atom is -0.492 e. The van der Waals surface area contributed by atoms with Crippen LogP contribution in [0.25, 0.3) is 10.7 Å². The SMILES string of the molecule is O=C(CCc1nc(-c2cccs2)no1)NCCOc1ccc(Cl)cc1. The first-order valence-corrected chi connectivity index (χ1v) is 8.98. The number of aromatic nitrogens is 2. The third kappa shape index (κ3) is 5.30. The molecular formula is C17H16ClN3O3S. The van der Waals surface area contributed by atoms with E-state index in [1.165, 1.54) is 0 Å². The Morgan fingerprint density at radius 1 is 1.28 bits per heavy atom. The summed E-state index contributed by atoms with van der Waals surface area (Å²) in [6, 6.07) is 10.9. The van der Waals surface area contributed by atoms with Crippen LogP contribution in [0.5, 0.6) is 5.75 Å². The van der Waals surface area contributed by atoms with Crippen molar-refractivity contribution in [1.82, 2.24) is 15.5 Å². The highest BCUT2D eigenvalue weighted by Gasteiger charge is 2.11. The summed E-state index contributed by atoms with van der Waals surface area (Å²) in [5, 5.41) is 9.31. The lowest BCUT2D eigenvalue weighted by Crippen LogP contribution is -2.28. The molecule has 0 unspecified atom stereocenters. The number of ether oxygens (including phenoxy) is 1. The van der Waals surface area contributed by atoms with Crippen molar-refractivity contribution in [2.24, 2.45) is 0 Å². The number of nitrogens with one attached hydrogen (secondary N) is 1. The summed E-state index contributed by atoms with van der Waals surface area (Å²) in [6.07, 6.45) is 0.690. The Morgan fingerprint density at radius 3 is 2.88 bits per heavy atom. The number of carbonyl (C=O) groups is 1. The second kappa shape index (κ2) is 8.64. The van der Waals surface area contributed by atoms with Gasteiger partial charge in [-0.3, -0.25) is 4.79 Å². The summed E-state index contributed by atoms with van der Waals surface area (Å²) < 4.78 is 10.7. The normalized spacial score (nSPS) is 10.6. The zero-order chi connectivity index (χ0) is 17.5. The van der Waals surface area contributed by atoms with E-state index < -0.39 is 0 Å². The lowest BCUT2D eigenvalue weighted by atomic mass is 10.3. The Hall–Kier alpha value is -2.38. The predicted octanol–water partition coefficient (Wildman–Crippen LogP) is 3.58. The fourth-order valence-corrected chi connectivity index (χ4v) is 2.84. The number of hydrogen-bond donors (Lipinski definition) is 1. The van der Waals surface area contributed by atoms with Crippen LogP contribution in [0.2, 0.25) is 5.02 Å². The Bertz CT molecular complexity index is 803. The average Bonchev–Trinajstić information content (AvgIpc) is 3.29. The van der Waals surface area contributed by atoms with Crippen molar-refractivity contribution in [3.63, 3.8) is 0 Å². The van der Waals surface area contributed by atoms with Crippen LogP contribution in [-0.2, 0) is 11.2 Å². The van der Waals surface area contributed by atoms with Crippen molar-refractivity contribution >= 4 is 28.8 Å². The number of rotatable bonds is 8. The smallest absolute Gasteiger partial charge is 0.227 e. The van der Waals surface area contributed by atoms with Gasteiger partial charge in [-0.2, -0.15) is 4.98 Å². The Balaban J connectivity index is 1.35. The van der Waals surface area contributed by atoms with Crippen LogP contribution in [0.1, 0.15) is 12.3 Å². The van der Waals surface area contributed by atoms with Crippen LogP contribution in [0.4, 0.5) is 0 Å². The van der Waals surface area contributed by atoms with Gasteiger partial charge in [-0.25, -0.2) is 0 Å². The molecule has 0 radical (unpaired) electrons. The number of thiophene rings is 1. The molecule has 8 heteroatoms. The molecule has 0 aliphatic rings. The fourth-order valence-electron chi connectivity index (χ4n) is 2.06. The van der Waals surface area contributed by atoms with Gasteiger partial charge in [0.2, 0.25) is 17.6 Å². The van der Waals surface area contributed by atoms with Gasteiger partial charge < -0.3 is 14.6 Å². The standard InChI is InChI=1S/C17H16ClN3O3S/c18-12-3-5-13(6-4-12)23-10-9-19-15(22)7-8-16-20-17(21-24-16)14-2-1-11-25-14/h1-6,11H,7-10H2,(H,19,22). The summed E-state index contributed by atoms with van der Waals surface area (Å²) in [4.78, 5) is 17.1. The van der Waals surface area contributed by atoms with Crippen LogP contribution in [0, 0.1) is 0 Å². The van der Waals surface area contributed by atoms with Gasteiger partial charge in [-0.05, 0) is 35.7 Å². The highest BCUT2D eigenvalue weighted by molar-refractivity contribution is 7.13. The van der Waals surface area contributed by atoms with Crippen molar-refractivity contribution in [3.05, 3.63) is 52.7 Å². The van der Waals surface area contributed by atoms with E-state index in [9.17, 15) is 4.79 Å². The van der Waals surface area contributed by atoms with Crippen LogP contribution in [-0.4, -0.2) is 29.2 Å². The molecule has 1 aromatic carbocycles. The molecule has 3 aromatic rings. The quantitative estimate of drug-likeness (QED) is 0.607. The molecule has 0 atom stereocenters. The van der Waals surface area contributed by atoms with E-state index >= 15 is 0 Å². The van der Waals surface area contributed by atoms with Crippen LogP contribution in [0.15, 0.2) is 46.3 Å². The fraction of sp³-hybridized carbons (Fsp3) is 0.235. The van der Waals surface area contributed by atoms with Crippen molar-refractivity contribution < 1.29 is 14.1 Å². The number of hydrogen-bond acceptors (Lipinski definition) is 6. The maximum absolute atomic E-state index is 11.8. The first kappa shape index (κ1) is 17.4. The van der Waals surface area contributed by atoms with Gasteiger partial charge in [-0.1, -0.05) is 22.8 Å². The zero-order valence-electron chi connectivity index (χ0n) is 13.3. The molecule has 0 aliphatic carbocycles. The van der Waals surface area contributed by atoms with E-state index in [0.29, 0.717) is 42.1 Å². The van der Waals surface area contributed by atoms with Gasteiger partial charge in [0.05, 0.1) is 11.4 Å². The topological polar surface area (TPSA) is 77.2 Å². The van der Waals surface area contributed by atoms with Crippen molar-refractivity contribution in [1.29, 1.82) is 0 Å². The minimum atomic E-state index is -0.0874. The molecule has 2 heterocycles. The molecule has 0 saturated carbocycles. The second-order valence-corrected chi connectivity index (χ2v) is 6.53. The van der Waals surface area contributed by atoms with Crippen molar-refractivity contribution in [2.45, 2.75) is 12.8 Å². The maximum Gasteiger partial charge on any atom is 0.227 e. The first-order chi connectivity index (χ1) is 12.2. The van der Waals surface area contributed by atoms with Gasteiger partial charge >= 0.3 is 0 Å². The van der Waals surface area contributed by atoms with Crippen molar-refractivity contribution in [3.8, 4) is 16.5 Å². The Morgan fingerprint density at radius 2 is 2.12 bits per heavy atom. The van der Waals surface area contributed by atoms with E-state index in [4.69, 9.17) is 20.9 Å². The lowest BCUT2D eigenvalue weighted by Gasteiger charge is -2.07. The zero-order valence-corrected chi connectivity index (χ0v) is 14.8. The average molecular weight is 378 g/mol. The highest BCUT2D eigenvalue weighted by atomic mass is 35.5. The van der Waals surface area contributed by atoms with Gasteiger partial charge in [0.25, 0.3) is 0 Å². The summed E-state index contributed by atoms with van der Waals surface area (Å²) >= 11 is 7.34. The molecule has 130 valence electrons. The second-order valence-electron chi connectivity index (χ2n) is 5.14. The van der Waals surface area contributed by atoms with E-state index in [1.54, 1.807) is 35.6 Å². The number of benzene rings is 1. The monoisotopic (exact) mass is 377 g/mol. The third-order valence-electron chi connectivity index (χ3n) is 3.28. The molecule has 0 fully saturated rings. The summed E-state index contributed by atoms with van der Waals surface area (Å²) in [5.74, 6) is 1.64. The minimum absolute atomic E-state index is 0.0874. The van der Waals surface area contributed by atoms with E-state index in [2.05, 4.69) is 15.5 Å². The summed E-state index contributed by atoms with van der Waals surface area (Å²) in [5.41, 5.74) is 0. The van der Waals surface area contributed by atoms with Crippen LogP contribution in [0.3, 0.4) is 0 Å². The summed E-state index contributed by atoms with van der Waals surface area (Å²) in [6.45, 7) is 0.808. The molecule has 0 saturated heterocycles. The number of amides is 1. The van der Waals surface area contributed by atoms with Crippen LogP contribution < -0.4 is 10.1 Å². The highest BCUT2D eigenvalue weighted by Crippen LogP contribution is 2.21. The number of nitrogens with zero attached hydrogens (tertiary/aromatic N) is 2. The maximum atomic E-state index is 11.8. The molecule has 3 rings (SSSR count). The first-order valence-electron chi connectivity index (χ1n) is 7.72. The van der Waals surface area contributed by atoms with E-state index in [0.717, 1.165) is 4.88 Å². The van der Waals surface area contributed by atoms with Crippen molar-refractivity contribution in [2.75, 3.05) is 13.2 Å². The Labute approximate surface area is 153 Å². The van der Waals surface area contributed by atoms with E-state index in [-0.39, 0.29) is 12.3 Å². The molecular weight excluding hydrogens is 362 g/mol. The number of carbonyl (C=O) groups excluding carboxylic acids is 1. The van der Waals surface area contributed by atoms with Gasteiger partial charge in [-0.15, -0.1) is 11.3 Å². The van der Waals surface area contributed by atoms with Gasteiger partial charge in [0, 0.05) is 17.9 Å². The molecule has 1 N–H and O–H groups in total.